The summed E-state index contributed by atoms with van der Waals surface area (Å²) in [5, 5.41) is 10.3. The van der Waals surface area contributed by atoms with Gasteiger partial charge >= 0.3 is 0 Å². The zero-order chi connectivity index (χ0) is 43.6. The molecule has 0 aliphatic carbocycles. The van der Waals surface area contributed by atoms with Crippen LogP contribution in [0.25, 0.3) is 43.1 Å². The number of benzene rings is 8. The maximum Gasteiger partial charge on any atom is 0.268 e. The van der Waals surface area contributed by atoms with Crippen molar-refractivity contribution in [1.29, 1.82) is 0 Å². The van der Waals surface area contributed by atoms with Gasteiger partial charge in [-0.25, -0.2) is 18.3 Å². The lowest BCUT2D eigenvalue weighted by molar-refractivity contribution is -0.688. The van der Waals surface area contributed by atoms with Gasteiger partial charge in [-0.2, -0.15) is 18.3 Å². The van der Waals surface area contributed by atoms with Gasteiger partial charge in [-0.15, -0.1) is 0 Å². The van der Waals surface area contributed by atoms with Crippen molar-refractivity contribution in [3.63, 3.8) is 0 Å². The molecular formula is C58H48N8+4. The third-order valence-corrected chi connectivity index (χ3v) is 13.8. The summed E-state index contributed by atoms with van der Waals surface area (Å²) in [6.45, 7) is 2.93. The highest BCUT2D eigenvalue weighted by molar-refractivity contribution is 6.06. The summed E-state index contributed by atoms with van der Waals surface area (Å²) in [4.78, 5) is 0. The van der Waals surface area contributed by atoms with E-state index >= 15 is 0 Å². The Kier molecular flexibility index (Phi) is 9.08. The van der Waals surface area contributed by atoms with E-state index in [9.17, 15) is 0 Å². The first-order valence-electron chi connectivity index (χ1n) is 22.9. The van der Waals surface area contributed by atoms with E-state index in [4.69, 9.17) is 0 Å². The quantitative estimate of drug-likeness (QED) is 0.123. The van der Waals surface area contributed by atoms with Crippen molar-refractivity contribution in [2.75, 3.05) is 0 Å². The van der Waals surface area contributed by atoms with Crippen molar-refractivity contribution in [3.05, 3.63) is 266 Å². The Morgan fingerprint density at radius 3 is 0.712 bits per heavy atom. The predicted molar refractivity (Wildman–Crippen MR) is 258 cm³/mol. The van der Waals surface area contributed by atoms with E-state index in [0.29, 0.717) is 0 Å². The standard InChI is InChI=1S/C58H48N8/c1-3-15-43(16-4-1)57-63-31-27-59(39-63)35-53-45-19-7-11-23-49(45)55(50-24-12-8-20-46(50)53)37-61-29-33-65(41-61)58(44-17-5-2-6-18-44)66-34-30-62(42-66)38-56-51-25-13-9-21-47(51)54(36-60-28-32-64(57)40-60)48-22-10-14-26-52(48)56/h1-34,39-42,57-58H,35-38H2/q+4. The summed E-state index contributed by atoms with van der Waals surface area (Å²) < 4.78 is 18.7. The maximum absolute atomic E-state index is 2.34. The van der Waals surface area contributed by atoms with Crippen LogP contribution in [0.1, 0.15) is 45.7 Å². The second-order valence-electron chi connectivity index (χ2n) is 17.8. The van der Waals surface area contributed by atoms with Crippen LogP contribution in [0.4, 0.5) is 0 Å². The van der Waals surface area contributed by atoms with Crippen molar-refractivity contribution in [2.45, 2.75) is 38.5 Å². The van der Waals surface area contributed by atoms with Crippen molar-refractivity contribution in [2.24, 2.45) is 0 Å². The van der Waals surface area contributed by atoms with Crippen LogP contribution in [0.15, 0.2) is 233 Å². The topological polar surface area (TPSA) is 35.2 Å². The molecule has 8 nitrogen and oxygen atoms in total. The van der Waals surface area contributed by atoms with Crippen LogP contribution in [-0.4, -0.2) is 18.3 Å². The van der Waals surface area contributed by atoms with E-state index in [1.54, 1.807) is 0 Å². The van der Waals surface area contributed by atoms with E-state index in [-0.39, 0.29) is 12.3 Å². The second kappa shape index (κ2) is 15.7. The Labute approximate surface area is 382 Å². The third-order valence-electron chi connectivity index (χ3n) is 13.8. The Morgan fingerprint density at radius 1 is 0.273 bits per heavy atom. The molecule has 0 radical (unpaired) electrons. The molecule has 0 fully saturated rings. The number of nitrogens with zero attached hydrogens (tertiary/aromatic N) is 8. The first kappa shape index (κ1) is 38.1. The van der Waals surface area contributed by atoms with Gasteiger partial charge in [-0.05, 0) is 43.1 Å². The molecule has 0 N–H and O–H groups in total. The number of hydrogen-bond donors (Lipinski definition) is 0. The predicted octanol–water partition coefficient (Wildman–Crippen LogP) is 9.35. The Balaban J connectivity index is 1.02. The van der Waals surface area contributed by atoms with E-state index in [1.165, 1.54) is 76.5 Å². The zero-order valence-corrected chi connectivity index (χ0v) is 36.5. The molecule has 5 heterocycles. The molecule has 12 aromatic rings. The monoisotopic (exact) mass is 856 g/mol. The summed E-state index contributed by atoms with van der Waals surface area (Å²) >= 11 is 0. The SMILES string of the molecule is c1ccc(C2n3cc[n+](c3)Cc3c4ccccc4c(c4ccccc34)C[n+]3ccn(c3)C(c3ccccc3)n3cc[n+](c3)Cc3c4ccccc4c(c4ccccc34)C[n+]3ccn2c3)cc1. The molecule has 8 heteroatoms. The van der Waals surface area contributed by atoms with Gasteiger partial charge in [0.05, 0.1) is 0 Å². The molecule has 0 spiro atoms. The summed E-state index contributed by atoms with van der Waals surface area (Å²) in [5.74, 6) is 0. The van der Waals surface area contributed by atoms with Gasteiger partial charge in [0.25, 0.3) is 12.3 Å². The smallest absolute Gasteiger partial charge is 0.232 e. The lowest BCUT2D eigenvalue weighted by Crippen LogP contribution is -2.35. The van der Waals surface area contributed by atoms with Crippen molar-refractivity contribution < 1.29 is 18.3 Å². The fourth-order valence-corrected chi connectivity index (χ4v) is 10.9. The van der Waals surface area contributed by atoms with Crippen LogP contribution in [-0.2, 0) is 26.2 Å². The molecule has 8 aromatic carbocycles. The highest BCUT2D eigenvalue weighted by Crippen LogP contribution is 2.35. The van der Waals surface area contributed by atoms with Gasteiger partial charge in [0, 0.05) is 33.4 Å². The summed E-state index contributed by atoms with van der Waals surface area (Å²) in [6, 6.07) is 57.6. The number of rotatable bonds is 2. The number of aromatic nitrogens is 8. The van der Waals surface area contributed by atoms with Crippen LogP contribution >= 0.6 is 0 Å². The van der Waals surface area contributed by atoms with E-state index in [1.807, 2.05) is 0 Å². The van der Waals surface area contributed by atoms with Crippen molar-refractivity contribution >= 4 is 43.1 Å². The third kappa shape index (κ3) is 6.52. The van der Waals surface area contributed by atoms with E-state index in [0.717, 1.165) is 26.2 Å². The minimum absolute atomic E-state index is 0.0888. The van der Waals surface area contributed by atoms with Crippen LogP contribution in [0.2, 0.25) is 0 Å². The second-order valence-corrected chi connectivity index (χ2v) is 17.8. The first-order chi connectivity index (χ1) is 32.7. The van der Waals surface area contributed by atoms with Crippen molar-refractivity contribution in [1.82, 2.24) is 18.3 Å². The van der Waals surface area contributed by atoms with Crippen LogP contribution in [0.3, 0.4) is 0 Å². The van der Waals surface area contributed by atoms with Crippen molar-refractivity contribution in [3.8, 4) is 0 Å². The lowest BCUT2D eigenvalue weighted by atomic mass is 9.91. The minimum atomic E-state index is -0.0888. The van der Waals surface area contributed by atoms with Gasteiger partial charge in [0.2, 0.25) is 25.3 Å². The summed E-state index contributed by atoms with van der Waals surface area (Å²) in [5.41, 5.74) is 7.71. The number of fused-ring (bicyclic) bond motifs is 14. The molecule has 0 unspecified atom stereocenters. The maximum atomic E-state index is 2.34. The molecule has 0 saturated heterocycles. The average Bonchev–Trinajstić information content (AvgIpc) is 4.22. The van der Waals surface area contributed by atoms with Gasteiger partial charge in [0.15, 0.2) is 0 Å². The van der Waals surface area contributed by atoms with Gasteiger partial charge in [-0.1, -0.05) is 158 Å². The van der Waals surface area contributed by atoms with Gasteiger partial charge < -0.3 is 0 Å². The Morgan fingerprint density at radius 2 is 0.485 bits per heavy atom. The summed E-state index contributed by atoms with van der Waals surface area (Å²) in [6.07, 6.45) is 26.7. The number of hydrogen-bond acceptors (Lipinski definition) is 0. The molecule has 0 amide bonds. The van der Waals surface area contributed by atoms with Gasteiger partial charge in [0.1, 0.15) is 75.8 Å². The molecule has 316 valence electrons. The molecule has 12 bridgehead atoms. The Hall–Kier alpha value is -8.36. The molecule has 1 aliphatic heterocycles. The fourth-order valence-electron chi connectivity index (χ4n) is 10.9. The lowest BCUT2D eigenvalue weighted by Gasteiger charge is -2.16. The van der Waals surface area contributed by atoms with Crippen LogP contribution in [0.5, 0.6) is 0 Å². The molecular weight excluding hydrogens is 809 g/mol. The molecule has 0 atom stereocenters. The van der Waals surface area contributed by atoms with E-state index < -0.39 is 0 Å². The van der Waals surface area contributed by atoms with Crippen LogP contribution in [0, 0.1) is 0 Å². The fraction of sp³-hybridized carbons (Fsp3) is 0.103. The van der Waals surface area contributed by atoms with E-state index in [2.05, 4.69) is 269 Å². The largest absolute Gasteiger partial charge is 0.268 e. The first-order valence-corrected chi connectivity index (χ1v) is 22.9. The highest BCUT2D eigenvalue weighted by Gasteiger charge is 2.30. The molecule has 66 heavy (non-hydrogen) atoms. The van der Waals surface area contributed by atoms with Gasteiger partial charge in [-0.3, -0.25) is 0 Å². The molecule has 4 aromatic heterocycles. The van der Waals surface area contributed by atoms with Crippen LogP contribution < -0.4 is 18.3 Å². The molecule has 13 rings (SSSR count). The summed E-state index contributed by atoms with van der Waals surface area (Å²) in [7, 11) is 0. The molecule has 1 aliphatic rings. The average molecular weight is 857 g/mol. The highest BCUT2D eigenvalue weighted by atomic mass is 15.3. The number of imidazole rings is 4. The normalized spacial score (nSPS) is 15.3. The molecule has 0 saturated carbocycles. The zero-order valence-electron chi connectivity index (χ0n) is 36.5. The Bertz CT molecular complexity index is 3180. The minimum Gasteiger partial charge on any atom is -0.232 e.